The Hall–Kier alpha value is -1.86. The van der Waals surface area contributed by atoms with E-state index in [0.717, 1.165) is 49.8 Å². The fraction of sp³-hybridized carbons (Fsp3) is 0.684. The van der Waals surface area contributed by atoms with Gasteiger partial charge in [0.2, 0.25) is 5.91 Å². The van der Waals surface area contributed by atoms with Crippen LogP contribution in [-0.2, 0) is 27.7 Å². The lowest BCUT2D eigenvalue weighted by molar-refractivity contribution is -0.121. The second-order valence-corrected chi connectivity index (χ2v) is 6.62. The van der Waals surface area contributed by atoms with Gasteiger partial charge in [0.05, 0.1) is 25.4 Å². The summed E-state index contributed by atoms with van der Waals surface area (Å²) < 4.78 is 12.5. The first-order valence-electron chi connectivity index (χ1n) is 9.34. The molecule has 1 aromatic rings. The predicted molar refractivity (Wildman–Crippen MR) is 99.4 cm³/mol. The molecule has 1 N–H and O–H groups in total. The number of carbonyl (C=O) groups is 2. The zero-order chi connectivity index (χ0) is 19.1. The van der Waals surface area contributed by atoms with Crippen LogP contribution in [0.5, 0.6) is 0 Å². The molecule has 1 amide bonds. The monoisotopic (exact) mass is 365 g/mol. The van der Waals surface area contributed by atoms with E-state index in [0.29, 0.717) is 31.6 Å². The standard InChI is InChI=1S/C19H31N3O4/c1-5-26-19(24)18-14(2)16(21(4)15(18)3)6-7-17(23)20-8-9-22-10-12-25-13-11-22/h5-13H2,1-4H3,(H,20,23). The molecule has 0 saturated carbocycles. The normalized spacial score (nSPS) is 15.1. The molecular weight excluding hydrogens is 334 g/mol. The van der Waals surface area contributed by atoms with Crippen molar-refractivity contribution < 1.29 is 19.1 Å². The van der Waals surface area contributed by atoms with Crippen molar-refractivity contribution in [1.82, 2.24) is 14.8 Å². The largest absolute Gasteiger partial charge is 0.462 e. The lowest BCUT2D eigenvalue weighted by Crippen LogP contribution is -2.41. The highest BCUT2D eigenvalue weighted by atomic mass is 16.5. The summed E-state index contributed by atoms with van der Waals surface area (Å²) in [7, 11) is 1.93. The molecule has 1 fully saturated rings. The Labute approximate surface area is 155 Å². The average molecular weight is 365 g/mol. The number of nitrogens with one attached hydrogen (secondary N) is 1. The SMILES string of the molecule is CCOC(=O)c1c(C)c(CCC(=O)NCCN2CCOCC2)n(C)c1C. The quantitative estimate of drug-likeness (QED) is 0.701. The summed E-state index contributed by atoms with van der Waals surface area (Å²) in [5, 5.41) is 2.98. The van der Waals surface area contributed by atoms with Crippen LogP contribution in [0.3, 0.4) is 0 Å². The van der Waals surface area contributed by atoms with E-state index < -0.39 is 0 Å². The highest BCUT2D eigenvalue weighted by Gasteiger charge is 2.22. The van der Waals surface area contributed by atoms with Gasteiger partial charge in [-0.3, -0.25) is 9.69 Å². The molecule has 146 valence electrons. The van der Waals surface area contributed by atoms with Gasteiger partial charge in [-0.2, -0.15) is 0 Å². The van der Waals surface area contributed by atoms with Gasteiger partial charge in [-0.1, -0.05) is 0 Å². The lowest BCUT2D eigenvalue weighted by Gasteiger charge is -2.26. The molecule has 7 heteroatoms. The fourth-order valence-corrected chi connectivity index (χ4v) is 3.40. The van der Waals surface area contributed by atoms with Crippen molar-refractivity contribution in [3.8, 4) is 0 Å². The van der Waals surface area contributed by atoms with Crippen LogP contribution in [0.2, 0.25) is 0 Å². The van der Waals surface area contributed by atoms with Crippen LogP contribution in [-0.4, -0.2) is 67.3 Å². The molecule has 2 heterocycles. The first-order chi connectivity index (χ1) is 12.5. The predicted octanol–water partition coefficient (Wildman–Crippen LogP) is 1.20. The Kier molecular flexibility index (Phi) is 7.66. The van der Waals surface area contributed by atoms with Crippen LogP contribution < -0.4 is 5.32 Å². The zero-order valence-electron chi connectivity index (χ0n) is 16.4. The van der Waals surface area contributed by atoms with Gasteiger partial charge in [-0.15, -0.1) is 0 Å². The van der Waals surface area contributed by atoms with E-state index in [4.69, 9.17) is 9.47 Å². The minimum atomic E-state index is -0.292. The summed E-state index contributed by atoms with van der Waals surface area (Å²) >= 11 is 0. The Morgan fingerprint density at radius 2 is 1.92 bits per heavy atom. The number of aromatic nitrogens is 1. The third-order valence-electron chi connectivity index (χ3n) is 5.00. The Morgan fingerprint density at radius 3 is 2.58 bits per heavy atom. The van der Waals surface area contributed by atoms with Crippen molar-refractivity contribution in [1.29, 1.82) is 0 Å². The molecule has 2 rings (SSSR count). The number of esters is 1. The van der Waals surface area contributed by atoms with Crippen molar-refractivity contribution in [3.63, 3.8) is 0 Å². The molecule has 0 spiro atoms. The van der Waals surface area contributed by atoms with Gasteiger partial charge < -0.3 is 19.4 Å². The van der Waals surface area contributed by atoms with E-state index in [9.17, 15) is 9.59 Å². The number of hydrogen-bond donors (Lipinski definition) is 1. The minimum Gasteiger partial charge on any atom is -0.462 e. The first-order valence-corrected chi connectivity index (χ1v) is 9.34. The maximum atomic E-state index is 12.2. The average Bonchev–Trinajstić information content (AvgIpc) is 2.83. The van der Waals surface area contributed by atoms with E-state index in [1.54, 1.807) is 6.92 Å². The summed E-state index contributed by atoms with van der Waals surface area (Å²) in [4.78, 5) is 26.6. The van der Waals surface area contributed by atoms with Crippen molar-refractivity contribution in [3.05, 3.63) is 22.5 Å². The fourth-order valence-electron chi connectivity index (χ4n) is 3.40. The second kappa shape index (κ2) is 9.73. The van der Waals surface area contributed by atoms with Gasteiger partial charge in [-0.25, -0.2) is 4.79 Å². The molecule has 26 heavy (non-hydrogen) atoms. The summed E-state index contributed by atoms with van der Waals surface area (Å²) in [5.74, 6) is -0.256. The first kappa shape index (κ1) is 20.5. The van der Waals surface area contributed by atoms with E-state index in [1.807, 2.05) is 25.5 Å². The van der Waals surface area contributed by atoms with Crippen LogP contribution in [0.1, 0.15) is 40.7 Å². The van der Waals surface area contributed by atoms with Crippen LogP contribution in [0.4, 0.5) is 0 Å². The number of morpholine rings is 1. The van der Waals surface area contributed by atoms with Crippen LogP contribution >= 0.6 is 0 Å². The van der Waals surface area contributed by atoms with Crippen molar-refractivity contribution in [2.75, 3.05) is 46.0 Å². The molecule has 1 aliphatic rings. The number of amides is 1. The molecule has 0 unspecified atom stereocenters. The van der Waals surface area contributed by atoms with Gasteiger partial charge in [0.1, 0.15) is 0 Å². The number of hydrogen-bond acceptors (Lipinski definition) is 5. The Bertz CT molecular complexity index is 633. The molecular formula is C19H31N3O4. The molecule has 1 saturated heterocycles. The van der Waals surface area contributed by atoms with Crippen LogP contribution in [0.25, 0.3) is 0 Å². The molecule has 0 aliphatic carbocycles. The lowest BCUT2D eigenvalue weighted by atomic mass is 10.1. The second-order valence-electron chi connectivity index (χ2n) is 6.62. The molecule has 0 bridgehead atoms. The smallest absolute Gasteiger partial charge is 0.340 e. The molecule has 0 atom stereocenters. The number of ether oxygens (including phenoxy) is 2. The van der Waals surface area contributed by atoms with Gasteiger partial charge in [0.15, 0.2) is 0 Å². The van der Waals surface area contributed by atoms with Crippen molar-refractivity contribution in [2.24, 2.45) is 7.05 Å². The highest BCUT2D eigenvalue weighted by Crippen LogP contribution is 2.23. The van der Waals surface area contributed by atoms with E-state index >= 15 is 0 Å². The summed E-state index contributed by atoms with van der Waals surface area (Å²) in [6.45, 7) is 10.9. The molecule has 7 nitrogen and oxygen atoms in total. The van der Waals surface area contributed by atoms with Gasteiger partial charge in [0.25, 0.3) is 0 Å². The summed E-state index contributed by atoms with van der Waals surface area (Å²) in [6, 6.07) is 0. The van der Waals surface area contributed by atoms with Gasteiger partial charge in [0, 0.05) is 51.0 Å². The minimum absolute atomic E-state index is 0.0363. The van der Waals surface area contributed by atoms with Gasteiger partial charge >= 0.3 is 5.97 Å². The maximum Gasteiger partial charge on any atom is 0.340 e. The third kappa shape index (κ3) is 5.08. The van der Waals surface area contributed by atoms with Crippen molar-refractivity contribution in [2.45, 2.75) is 33.6 Å². The molecule has 1 aliphatic heterocycles. The van der Waals surface area contributed by atoms with Gasteiger partial charge in [-0.05, 0) is 32.8 Å². The van der Waals surface area contributed by atoms with E-state index in [1.165, 1.54) is 0 Å². The summed E-state index contributed by atoms with van der Waals surface area (Å²) in [6.07, 6.45) is 1.01. The third-order valence-corrected chi connectivity index (χ3v) is 5.00. The number of rotatable bonds is 8. The highest BCUT2D eigenvalue weighted by molar-refractivity contribution is 5.93. The molecule has 0 radical (unpaired) electrons. The number of carbonyl (C=O) groups excluding carboxylic acids is 2. The maximum absolute atomic E-state index is 12.2. The molecule has 0 aromatic carbocycles. The van der Waals surface area contributed by atoms with Crippen molar-refractivity contribution >= 4 is 11.9 Å². The summed E-state index contributed by atoms with van der Waals surface area (Å²) in [5.41, 5.74) is 3.42. The Morgan fingerprint density at radius 1 is 1.23 bits per heavy atom. The zero-order valence-corrected chi connectivity index (χ0v) is 16.4. The van der Waals surface area contributed by atoms with E-state index in [-0.39, 0.29) is 11.9 Å². The Balaban J connectivity index is 1.85. The molecule has 1 aromatic heterocycles. The van der Waals surface area contributed by atoms with Crippen LogP contribution in [0.15, 0.2) is 0 Å². The van der Waals surface area contributed by atoms with Crippen LogP contribution in [0, 0.1) is 13.8 Å². The van der Waals surface area contributed by atoms with E-state index in [2.05, 4.69) is 10.2 Å². The topological polar surface area (TPSA) is 72.8 Å². The number of nitrogens with zero attached hydrogens (tertiary/aromatic N) is 2.